The molecule has 7 heteroatoms. The van der Waals surface area contributed by atoms with E-state index in [4.69, 9.17) is 10.2 Å². The van der Waals surface area contributed by atoms with Crippen molar-refractivity contribution in [1.29, 1.82) is 0 Å². The fourth-order valence-corrected chi connectivity index (χ4v) is 0.884. The van der Waals surface area contributed by atoms with Gasteiger partial charge in [0.25, 0.3) is 6.43 Å². The molecule has 1 atom stereocenters. The van der Waals surface area contributed by atoms with Crippen molar-refractivity contribution in [1.82, 2.24) is 10.2 Å². The van der Waals surface area contributed by atoms with Crippen LogP contribution < -0.4 is 5.73 Å². The maximum Gasteiger partial charge on any atom is 0.261 e. The molecule has 5 nitrogen and oxygen atoms in total. The first-order valence-electron chi connectivity index (χ1n) is 4.53. The van der Waals surface area contributed by atoms with E-state index < -0.39 is 13.0 Å². The van der Waals surface area contributed by atoms with Crippen molar-refractivity contribution in [2.24, 2.45) is 5.73 Å². The molecule has 1 unspecified atom stereocenters. The number of aromatic nitrogens is 2. The summed E-state index contributed by atoms with van der Waals surface area (Å²) in [5.41, 5.74) is 5.49. The van der Waals surface area contributed by atoms with Gasteiger partial charge < -0.3 is 14.9 Å². The lowest BCUT2D eigenvalue weighted by molar-refractivity contribution is 0.0173. The fourth-order valence-electron chi connectivity index (χ4n) is 0.884. The Balaban J connectivity index is 2.26. The predicted octanol–water partition coefficient (Wildman–Crippen LogP) is 0.914. The highest BCUT2D eigenvalue weighted by Gasteiger charge is 2.09. The SMILES string of the molecule is CC(N)c1nnc(CCOCC(F)F)o1. The van der Waals surface area contributed by atoms with Crippen molar-refractivity contribution in [2.75, 3.05) is 13.2 Å². The Morgan fingerprint density at radius 1 is 1.47 bits per heavy atom. The van der Waals surface area contributed by atoms with Crippen LogP contribution in [0.4, 0.5) is 8.78 Å². The van der Waals surface area contributed by atoms with Crippen LogP contribution >= 0.6 is 0 Å². The number of nitrogens with two attached hydrogens (primary N) is 1. The number of hydrogen-bond acceptors (Lipinski definition) is 5. The van der Waals surface area contributed by atoms with E-state index in [0.29, 0.717) is 18.2 Å². The van der Waals surface area contributed by atoms with Gasteiger partial charge in [0.15, 0.2) is 0 Å². The Bertz CT molecular complexity index is 291. The minimum atomic E-state index is -2.45. The summed E-state index contributed by atoms with van der Waals surface area (Å²) in [4.78, 5) is 0. The van der Waals surface area contributed by atoms with Gasteiger partial charge in [-0.3, -0.25) is 0 Å². The van der Waals surface area contributed by atoms with Gasteiger partial charge in [-0.1, -0.05) is 0 Å². The number of alkyl halides is 2. The Morgan fingerprint density at radius 2 is 2.20 bits per heavy atom. The molecule has 0 saturated carbocycles. The fraction of sp³-hybridized carbons (Fsp3) is 0.750. The van der Waals surface area contributed by atoms with Crippen molar-refractivity contribution in [3.8, 4) is 0 Å². The van der Waals surface area contributed by atoms with Gasteiger partial charge in [0.05, 0.1) is 12.6 Å². The van der Waals surface area contributed by atoms with Gasteiger partial charge in [0, 0.05) is 6.42 Å². The van der Waals surface area contributed by atoms with Gasteiger partial charge >= 0.3 is 0 Å². The second kappa shape index (κ2) is 5.72. The molecule has 0 spiro atoms. The van der Waals surface area contributed by atoms with Crippen LogP contribution in [0.5, 0.6) is 0 Å². The van der Waals surface area contributed by atoms with E-state index in [1.807, 2.05) is 0 Å². The summed E-state index contributed by atoms with van der Waals surface area (Å²) < 4.78 is 33.2. The zero-order valence-electron chi connectivity index (χ0n) is 8.32. The average molecular weight is 221 g/mol. The van der Waals surface area contributed by atoms with Crippen molar-refractivity contribution >= 4 is 0 Å². The minimum Gasteiger partial charge on any atom is -0.424 e. The third kappa shape index (κ3) is 4.30. The third-order valence-corrected chi connectivity index (χ3v) is 1.58. The summed E-state index contributed by atoms with van der Waals surface area (Å²) in [6.07, 6.45) is -2.14. The molecule has 2 N–H and O–H groups in total. The largest absolute Gasteiger partial charge is 0.424 e. The van der Waals surface area contributed by atoms with E-state index in [9.17, 15) is 8.78 Å². The van der Waals surface area contributed by atoms with Crippen molar-refractivity contribution in [2.45, 2.75) is 25.8 Å². The lowest BCUT2D eigenvalue weighted by Gasteiger charge is -2.00. The van der Waals surface area contributed by atoms with Gasteiger partial charge in [0.2, 0.25) is 11.8 Å². The highest BCUT2D eigenvalue weighted by molar-refractivity contribution is 4.86. The summed E-state index contributed by atoms with van der Waals surface area (Å²) in [5, 5.41) is 7.37. The van der Waals surface area contributed by atoms with E-state index in [1.54, 1.807) is 6.92 Å². The summed E-state index contributed by atoms with van der Waals surface area (Å²) in [6, 6.07) is -0.326. The summed E-state index contributed by atoms with van der Waals surface area (Å²) >= 11 is 0. The molecule has 0 amide bonds. The lowest BCUT2D eigenvalue weighted by atomic mass is 10.4. The molecule has 0 aliphatic rings. The van der Waals surface area contributed by atoms with E-state index >= 15 is 0 Å². The molecule has 1 aromatic rings. The zero-order valence-corrected chi connectivity index (χ0v) is 8.32. The van der Waals surface area contributed by atoms with E-state index in [-0.39, 0.29) is 12.6 Å². The summed E-state index contributed by atoms with van der Waals surface area (Å²) in [5.74, 6) is 0.676. The molecule has 0 saturated heterocycles. The van der Waals surface area contributed by atoms with Crippen molar-refractivity contribution in [3.05, 3.63) is 11.8 Å². The number of ether oxygens (including phenoxy) is 1. The molecule has 0 fully saturated rings. The first kappa shape index (κ1) is 12.0. The predicted molar refractivity (Wildman–Crippen MR) is 47.4 cm³/mol. The highest BCUT2D eigenvalue weighted by atomic mass is 19.3. The quantitative estimate of drug-likeness (QED) is 0.723. The molecule has 15 heavy (non-hydrogen) atoms. The van der Waals surface area contributed by atoms with Crippen LogP contribution in [-0.4, -0.2) is 29.8 Å². The van der Waals surface area contributed by atoms with E-state index in [0.717, 1.165) is 0 Å². The Hall–Kier alpha value is -1.08. The maximum absolute atomic E-state index is 11.7. The zero-order chi connectivity index (χ0) is 11.3. The third-order valence-electron chi connectivity index (χ3n) is 1.58. The normalized spacial score (nSPS) is 13.4. The standard InChI is InChI=1S/C8H13F2N3O2/c1-5(11)8-13-12-7(15-8)2-3-14-4-6(9)10/h5-6H,2-4,11H2,1H3. The van der Waals surface area contributed by atoms with Gasteiger partial charge in [-0.15, -0.1) is 10.2 Å². The van der Waals surface area contributed by atoms with Crippen LogP contribution in [-0.2, 0) is 11.2 Å². The highest BCUT2D eigenvalue weighted by Crippen LogP contribution is 2.07. The Labute approximate surface area is 85.6 Å². The van der Waals surface area contributed by atoms with Crippen LogP contribution in [0, 0.1) is 0 Å². The van der Waals surface area contributed by atoms with Crippen molar-refractivity contribution < 1.29 is 17.9 Å². The number of rotatable bonds is 6. The van der Waals surface area contributed by atoms with Gasteiger partial charge in [0.1, 0.15) is 6.61 Å². The second-order valence-electron chi connectivity index (χ2n) is 3.04. The lowest BCUT2D eigenvalue weighted by Crippen LogP contribution is -2.07. The monoisotopic (exact) mass is 221 g/mol. The number of nitrogens with zero attached hydrogens (tertiary/aromatic N) is 2. The van der Waals surface area contributed by atoms with Crippen LogP contribution in [0.25, 0.3) is 0 Å². The van der Waals surface area contributed by atoms with Gasteiger partial charge in [-0.05, 0) is 6.92 Å². The smallest absolute Gasteiger partial charge is 0.261 e. The molecular formula is C8H13F2N3O2. The van der Waals surface area contributed by atoms with Gasteiger partial charge in [-0.2, -0.15) is 0 Å². The molecule has 0 bridgehead atoms. The summed E-state index contributed by atoms with van der Waals surface area (Å²) in [6.45, 7) is 1.27. The molecule has 0 radical (unpaired) electrons. The molecule has 0 aliphatic heterocycles. The Kier molecular flexibility index (Phi) is 4.57. The molecule has 1 rings (SSSR count). The average Bonchev–Trinajstić information content (AvgIpc) is 2.60. The minimum absolute atomic E-state index is 0.130. The summed E-state index contributed by atoms with van der Waals surface area (Å²) in [7, 11) is 0. The molecule has 0 aromatic carbocycles. The van der Waals surface area contributed by atoms with E-state index in [2.05, 4.69) is 14.9 Å². The molecular weight excluding hydrogens is 208 g/mol. The second-order valence-corrected chi connectivity index (χ2v) is 3.04. The number of halogens is 2. The Morgan fingerprint density at radius 3 is 2.73 bits per heavy atom. The molecule has 1 aromatic heterocycles. The van der Waals surface area contributed by atoms with E-state index in [1.165, 1.54) is 0 Å². The first-order chi connectivity index (χ1) is 7.09. The van der Waals surface area contributed by atoms with Crippen LogP contribution in [0.1, 0.15) is 24.7 Å². The molecule has 0 aliphatic carbocycles. The maximum atomic E-state index is 11.7. The van der Waals surface area contributed by atoms with Crippen LogP contribution in [0.3, 0.4) is 0 Å². The topological polar surface area (TPSA) is 74.2 Å². The van der Waals surface area contributed by atoms with Crippen LogP contribution in [0.15, 0.2) is 4.42 Å². The number of hydrogen-bond donors (Lipinski definition) is 1. The molecule has 1 heterocycles. The molecule has 86 valence electrons. The van der Waals surface area contributed by atoms with Crippen LogP contribution in [0.2, 0.25) is 0 Å². The van der Waals surface area contributed by atoms with Gasteiger partial charge in [-0.25, -0.2) is 8.78 Å². The van der Waals surface area contributed by atoms with Crippen molar-refractivity contribution in [3.63, 3.8) is 0 Å². The first-order valence-corrected chi connectivity index (χ1v) is 4.53.